The molecule has 2 N–H and O–H groups in total. The van der Waals surface area contributed by atoms with E-state index < -0.39 is 5.97 Å². The maximum atomic E-state index is 11.0. The van der Waals surface area contributed by atoms with Crippen LogP contribution in [0.5, 0.6) is 0 Å². The lowest BCUT2D eigenvalue weighted by Gasteiger charge is -2.17. The first-order valence-electron chi connectivity index (χ1n) is 4.98. The Morgan fingerprint density at radius 3 is 2.56 bits per heavy atom. The van der Waals surface area contributed by atoms with Crippen molar-refractivity contribution in [1.82, 2.24) is 10.3 Å². The van der Waals surface area contributed by atoms with Gasteiger partial charge < -0.3 is 10.4 Å². The second-order valence-electron chi connectivity index (χ2n) is 3.47. The first-order chi connectivity index (χ1) is 7.59. The average molecular weight is 222 g/mol. The van der Waals surface area contributed by atoms with Crippen molar-refractivity contribution in [1.29, 1.82) is 0 Å². The Balaban J connectivity index is 2.71. The van der Waals surface area contributed by atoms with E-state index in [1.165, 1.54) is 6.92 Å². The predicted molar refractivity (Wildman–Crippen MR) is 57.7 cm³/mol. The molecule has 1 aromatic rings. The predicted octanol–water partition coefficient (Wildman–Crippen LogP) is 1.12. The second-order valence-corrected chi connectivity index (χ2v) is 3.47. The van der Waals surface area contributed by atoms with Gasteiger partial charge in [-0.15, -0.1) is 0 Å². The summed E-state index contributed by atoms with van der Waals surface area (Å²) < 4.78 is 0. The fourth-order valence-electron chi connectivity index (χ4n) is 1.43. The van der Waals surface area contributed by atoms with E-state index in [1.807, 2.05) is 0 Å². The van der Waals surface area contributed by atoms with Crippen molar-refractivity contribution >= 4 is 11.9 Å². The van der Waals surface area contributed by atoms with Gasteiger partial charge in [-0.05, 0) is 24.1 Å². The largest absolute Gasteiger partial charge is 0.481 e. The minimum absolute atomic E-state index is 0.0211. The van der Waals surface area contributed by atoms with E-state index in [0.717, 1.165) is 5.56 Å². The van der Waals surface area contributed by atoms with Crippen LogP contribution in [-0.2, 0) is 9.59 Å². The first kappa shape index (κ1) is 12.2. The molecule has 5 nitrogen and oxygen atoms in total. The molecule has 86 valence electrons. The Morgan fingerprint density at radius 2 is 2.06 bits per heavy atom. The molecular formula is C11H14N2O3. The lowest BCUT2D eigenvalue weighted by atomic mass is 10.0. The molecule has 0 saturated heterocycles. The van der Waals surface area contributed by atoms with Gasteiger partial charge in [-0.2, -0.15) is 0 Å². The standard InChI is InChI=1S/C11H14N2O3/c1-8(14)13-10(2-3-11(15)16)9-4-6-12-7-5-9/h4-7,10H,2-3H2,1H3,(H,13,14)(H,15,16). The van der Waals surface area contributed by atoms with Crippen LogP contribution in [0.1, 0.15) is 31.4 Å². The van der Waals surface area contributed by atoms with Crippen LogP contribution in [0, 0.1) is 0 Å². The van der Waals surface area contributed by atoms with Crippen molar-refractivity contribution in [2.75, 3.05) is 0 Å². The molecule has 1 atom stereocenters. The number of nitrogens with zero attached hydrogens (tertiary/aromatic N) is 1. The summed E-state index contributed by atoms with van der Waals surface area (Å²) in [5, 5.41) is 11.3. The van der Waals surface area contributed by atoms with E-state index in [1.54, 1.807) is 24.5 Å². The summed E-state index contributed by atoms with van der Waals surface area (Å²) in [4.78, 5) is 25.4. The maximum Gasteiger partial charge on any atom is 0.303 e. The highest BCUT2D eigenvalue weighted by Crippen LogP contribution is 2.17. The van der Waals surface area contributed by atoms with Crippen LogP contribution >= 0.6 is 0 Å². The number of carbonyl (C=O) groups excluding carboxylic acids is 1. The summed E-state index contributed by atoms with van der Waals surface area (Å²) in [6.07, 6.45) is 3.63. The number of hydrogen-bond donors (Lipinski definition) is 2. The van der Waals surface area contributed by atoms with Crippen molar-refractivity contribution < 1.29 is 14.7 Å². The number of carboxylic acids is 1. The molecular weight excluding hydrogens is 208 g/mol. The molecule has 0 spiro atoms. The van der Waals surface area contributed by atoms with Gasteiger partial charge in [0.25, 0.3) is 0 Å². The van der Waals surface area contributed by atoms with Crippen LogP contribution in [0.4, 0.5) is 0 Å². The Morgan fingerprint density at radius 1 is 1.44 bits per heavy atom. The third-order valence-electron chi connectivity index (χ3n) is 2.13. The fourth-order valence-corrected chi connectivity index (χ4v) is 1.43. The van der Waals surface area contributed by atoms with E-state index in [9.17, 15) is 9.59 Å². The third kappa shape index (κ3) is 4.08. The summed E-state index contributed by atoms with van der Waals surface area (Å²) in [5.41, 5.74) is 0.867. The third-order valence-corrected chi connectivity index (χ3v) is 2.13. The van der Waals surface area contributed by atoms with Crippen LogP contribution in [0.25, 0.3) is 0 Å². The maximum absolute atomic E-state index is 11.0. The zero-order valence-corrected chi connectivity index (χ0v) is 9.01. The van der Waals surface area contributed by atoms with Crippen LogP contribution in [-0.4, -0.2) is 22.0 Å². The van der Waals surface area contributed by atoms with Crippen molar-refractivity contribution in [3.05, 3.63) is 30.1 Å². The van der Waals surface area contributed by atoms with E-state index in [-0.39, 0.29) is 18.4 Å². The molecule has 0 bridgehead atoms. The number of aromatic nitrogens is 1. The van der Waals surface area contributed by atoms with Gasteiger partial charge in [0.15, 0.2) is 0 Å². The fraction of sp³-hybridized carbons (Fsp3) is 0.364. The monoisotopic (exact) mass is 222 g/mol. The molecule has 1 amide bonds. The van der Waals surface area contributed by atoms with Crippen molar-refractivity contribution in [2.24, 2.45) is 0 Å². The van der Waals surface area contributed by atoms with Crippen LogP contribution in [0.2, 0.25) is 0 Å². The lowest BCUT2D eigenvalue weighted by molar-refractivity contribution is -0.137. The van der Waals surface area contributed by atoms with Gasteiger partial charge in [0.05, 0.1) is 6.04 Å². The molecule has 1 unspecified atom stereocenters. The number of nitrogens with one attached hydrogen (secondary N) is 1. The molecule has 0 aliphatic heterocycles. The molecule has 0 fully saturated rings. The minimum atomic E-state index is -0.871. The first-order valence-corrected chi connectivity index (χ1v) is 4.98. The molecule has 16 heavy (non-hydrogen) atoms. The molecule has 0 saturated carbocycles. The second kappa shape index (κ2) is 5.85. The van der Waals surface area contributed by atoms with Crippen LogP contribution in [0.15, 0.2) is 24.5 Å². The van der Waals surface area contributed by atoms with Crippen molar-refractivity contribution in [2.45, 2.75) is 25.8 Å². The Labute approximate surface area is 93.5 Å². The minimum Gasteiger partial charge on any atom is -0.481 e. The van der Waals surface area contributed by atoms with Gasteiger partial charge in [0.2, 0.25) is 5.91 Å². The molecule has 1 heterocycles. The zero-order valence-electron chi connectivity index (χ0n) is 9.01. The number of pyridine rings is 1. The van der Waals surface area contributed by atoms with Gasteiger partial charge in [-0.3, -0.25) is 14.6 Å². The molecule has 0 radical (unpaired) electrons. The summed E-state index contributed by atoms with van der Waals surface area (Å²) in [7, 11) is 0. The van der Waals surface area contributed by atoms with Crippen LogP contribution in [0.3, 0.4) is 0 Å². The topological polar surface area (TPSA) is 79.3 Å². The van der Waals surface area contributed by atoms with E-state index in [0.29, 0.717) is 6.42 Å². The number of carboxylic acid groups (broad SMARTS) is 1. The highest BCUT2D eigenvalue weighted by molar-refractivity contribution is 5.73. The van der Waals surface area contributed by atoms with E-state index >= 15 is 0 Å². The summed E-state index contributed by atoms with van der Waals surface area (Å²) in [6.45, 7) is 1.41. The zero-order chi connectivity index (χ0) is 12.0. The number of rotatable bonds is 5. The van der Waals surface area contributed by atoms with Gasteiger partial charge in [0, 0.05) is 25.7 Å². The highest BCUT2D eigenvalue weighted by atomic mass is 16.4. The Hall–Kier alpha value is -1.91. The molecule has 0 aliphatic rings. The highest BCUT2D eigenvalue weighted by Gasteiger charge is 2.13. The molecule has 0 aromatic carbocycles. The Kier molecular flexibility index (Phi) is 4.44. The summed E-state index contributed by atoms with van der Waals surface area (Å²) >= 11 is 0. The number of amides is 1. The van der Waals surface area contributed by atoms with Gasteiger partial charge >= 0.3 is 5.97 Å². The Bertz CT molecular complexity index is 365. The normalized spacial score (nSPS) is 11.8. The molecule has 1 aromatic heterocycles. The SMILES string of the molecule is CC(=O)NC(CCC(=O)O)c1ccncc1. The molecule has 5 heteroatoms. The quantitative estimate of drug-likeness (QED) is 0.782. The summed E-state index contributed by atoms with van der Waals surface area (Å²) in [5.74, 6) is -1.04. The smallest absolute Gasteiger partial charge is 0.303 e. The number of hydrogen-bond acceptors (Lipinski definition) is 3. The van der Waals surface area contributed by atoms with Crippen molar-refractivity contribution in [3.8, 4) is 0 Å². The molecule has 0 aliphatic carbocycles. The number of carbonyl (C=O) groups is 2. The molecule has 1 rings (SSSR count). The average Bonchev–Trinajstić information content (AvgIpc) is 2.25. The van der Waals surface area contributed by atoms with Crippen LogP contribution < -0.4 is 5.32 Å². The van der Waals surface area contributed by atoms with Gasteiger partial charge in [-0.1, -0.05) is 0 Å². The van der Waals surface area contributed by atoms with E-state index in [2.05, 4.69) is 10.3 Å². The van der Waals surface area contributed by atoms with E-state index in [4.69, 9.17) is 5.11 Å². The van der Waals surface area contributed by atoms with Gasteiger partial charge in [0.1, 0.15) is 0 Å². The summed E-state index contributed by atoms with van der Waals surface area (Å²) in [6, 6.07) is 3.27. The number of aliphatic carboxylic acids is 1. The lowest BCUT2D eigenvalue weighted by Crippen LogP contribution is -2.26. The van der Waals surface area contributed by atoms with Crippen molar-refractivity contribution in [3.63, 3.8) is 0 Å². The van der Waals surface area contributed by atoms with Gasteiger partial charge in [-0.25, -0.2) is 0 Å².